The molecule has 0 radical (unpaired) electrons. The number of thiazole rings is 1. The highest BCUT2D eigenvalue weighted by Crippen LogP contribution is 2.32. The largest absolute Gasteiger partial charge is 0.497 e. The second-order valence-electron chi connectivity index (χ2n) is 10.5. The number of para-hydroxylation sites is 1. The number of allylic oxidation sites excluding steroid dienone is 1. The number of hydrogen-bond acceptors (Lipinski definition) is 7. The predicted molar refractivity (Wildman–Crippen MR) is 179 cm³/mol. The molecule has 1 atom stereocenters. The van der Waals surface area contributed by atoms with Crippen molar-refractivity contribution in [2.24, 2.45) is 4.99 Å². The van der Waals surface area contributed by atoms with Gasteiger partial charge in [-0.3, -0.25) is 14.2 Å². The quantitative estimate of drug-likeness (QED) is 0.223. The number of aromatic nitrogens is 1. The second kappa shape index (κ2) is 13.3. The summed E-state index contributed by atoms with van der Waals surface area (Å²) in [5.74, 6) is 0.769. The summed E-state index contributed by atoms with van der Waals surface area (Å²) in [5.41, 5.74) is 3.93. The fourth-order valence-corrected chi connectivity index (χ4v) is 6.42. The molecule has 1 N–H and O–H groups in total. The number of carbonyl (C=O) groups excluding carboxylic acids is 1. The summed E-state index contributed by atoms with van der Waals surface area (Å²) in [5, 5.41) is 12.5. The molecular formula is C36H27ClN4O4S. The predicted octanol–water partition coefficient (Wildman–Crippen LogP) is 5.99. The van der Waals surface area contributed by atoms with Crippen LogP contribution in [0.3, 0.4) is 0 Å². The normalized spacial score (nSPS) is 14.2. The van der Waals surface area contributed by atoms with Crippen LogP contribution < -0.4 is 29.7 Å². The van der Waals surface area contributed by atoms with E-state index >= 15 is 0 Å². The average molecular weight is 647 g/mol. The maximum Gasteiger partial charge on any atom is 0.271 e. The number of nitrogens with zero attached hydrogens (tertiary/aromatic N) is 3. The van der Waals surface area contributed by atoms with Gasteiger partial charge in [0.05, 0.1) is 40.6 Å². The van der Waals surface area contributed by atoms with Crippen molar-refractivity contribution in [2.75, 3.05) is 12.4 Å². The van der Waals surface area contributed by atoms with Crippen LogP contribution in [0.25, 0.3) is 6.08 Å². The second-order valence-corrected chi connectivity index (χ2v) is 11.9. The highest BCUT2D eigenvalue weighted by molar-refractivity contribution is 7.07. The first-order valence-corrected chi connectivity index (χ1v) is 15.5. The van der Waals surface area contributed by atoms with Crippen LogP contribution >= 0.6 is 22.9 Å². The summed E-state index contributed by atoms with van der Waals surface area (Å²) in [6.45, 7) is 2.03. The molecule has 0 unspecified atom stereocenters. The number of fused-ring (bicyclic) bond motifs is 1. The smallest absolute Gasteiger partial charge is 0.271 e. The average Bonchev–Trinajstić information content (AvgIpc) is 3.37. The Labute approximate surface area is 273 Å². The molecule has 2 heterocycles. The Kier molecular flexibility index (Phi) is 8.83. The molecule has 4 aromatic carbocycles. The minimum Gasteiger partial charge on any atom is -0.497 e. The van der Waals surface area contributed by atoms with Gasteiger partial charge in [0.25, 0.3) is 11.5 Å². The third-order valence-corrected chi connectivity index (χ3v) is 8.66. The van der Waals surface area contributed by atoms with Gasteiger partial charge in [-0.25, -0.2) is 4.99 Å². The van der Waals surface area contributed by atoms with Gasteiger partial charge in [0.1, 0.15) is 18.1 Å². The van der Waals surface area contributed by atoms with Gasteiger partial charge >= 0.3 is 0 Å². The lowest BCUT2D eigenvalue weighted by atomic mass is 9.95. The molecule has 8 nitrogen and oxygen atoms in total. The molecule has 46 heavy (non-hydrogen) atoms. The standard InChI is InChI=1S/C36H27ClN4O4S/c1-22-32(34(42)40-28-8-4-3-5-9-28)33(25-7-6-10-29(18-25)44-2)41-35(43)31(46-36(41)39-22)19-26-17-27(37)15-16-30(26)45-21-24-13-11-23(20-38)12-14-24/h3-19,33H,21H2,1-2H3,(H,40,42)/b31-19-/t33-/m1/s1. The number of carbonyl (C=O) groups is 1. The molecule has 5 aromatic rings. The first-order valence-electron chi connectivity index (χ1n) is 14.3. The van der Waals surface area contributed by atoms with Gasteiger partial charge in [-0.15, -0.1) is 0 Å². The zero-order chi connectivity index (χ0) is 32.2. The lowest BCUT2D eigenvalue weighted by molar-refractivity contribution is -0.113. The van der Waals surface area contributed by atoms with E-state index in [0.29, 0.717) is 59.5 Å². The first kappa shape index (κ1) is 30.6. The van der Waals surface area contributed by atoms with Crippen molar-refractivity contribution < 1.29 is 14.3 Å². The summed E-state index contributed by atoms with van der Waals surface area (Å²) in [6.07, 6.45) is 1.73. The van der Waals surface area contributed by atoms with Crippen LogP contribution in [-0.2, 0) is 11.4 Å². The van der Waals surface area contributed by atoms with Gasteiger partial charge in [-0.2, -0.15) is 5.26 Å². The molecule has 1 amide bonds. The van der Waals surface area contributed by atoms with Crippen LogP contribution in [0, 0.1) is 11.3 Å². The molecule has 1 aromatic heterocycles. The van der Waals surface area contributed by atoms with Gasteiger partial charge in [0, 0.05) is 16.3 Å². The number of ether oxygens (including phenoxy) is 2. The van der Waals surface area contributed by atoms with E-state index in [1.54, 1.807) is 67.1 Å². The Morgan fingerprint density at radius 3 is 2.59 bits per heavy atom. The number of nitriles is 1. The molecule has 0 saturated carbocycles. The minimum absolute atomic E-state index is 0.254. The number of nitrogens with one attached hydrogen (secondary N) is 1. The van der Waals surface area contributed by atoms with Crippen LogP contribution in [0.15, 0.2) is 118 Å². The molecule has 0 fully saturated rings. The van der Waals surface area contributed by atoms with E-state index in [4.69, 9.17) is 31.3 Å². The van der Waals surface area contributed by atoms with E-state index < -0.39 is 6.04 Å². The molecule has 0 bridgehead atoms. The third-order valence-electron chi connectivity index (χ3n) is 7.44. The van der Waals surface area contributed by atoms with E-state index in [2.05, 4.69) is 11.4 Å². The number of rotatable bonds is 8. The van der Waals surface area contributed by atoms with E-state index in [-0.39, 0.29) is 18.1 Å². The van der Waals surface area contributed by atoms with Crippen LogP contribution in [0.1, 0.15) is 35.2 Å². The van der Waals surface area contributed by atoms with Crippen molar-refractivity contribution >= 4 is 40.6 Å². The van der Waals surface area contributed by atoms with Crippen LogP contribution in [0.5, 0.6) is 11.5 Å². The van der Waals surface area contributed by atoms with Crippen molar-refractivity contribution in [1.82, 2.24) is 4.57 Å². The van der Waals surface area contributed by atoms with E-state index in [9.17, 15) is 9.59 Å². The molecule has 6 rings (SSSR count). The van der Waals surface area contributed by atoms with Gasteiger partial charge in [0.15, 0.2) is 4.80 Å². The number of anilines is 1. The maximum atomic E-state index is 14.2. The molecule has 10 heteroatoms. The Hall–Kier alpha value is -5.43. The zero-order valence-corrected chi connectivity index (χ0v) is 26.4. The molecule has 228 valence electrons. The topological polar surface area (TPSA) is 106 Å². The lowest BCUT2D eigenvalue weighted by Crippen LogP contribution is -2.40. The molecule has 1 aliphatic heterocycles. The number of benzene rings is 4. The molecule has 1 aliphatic rings. The van der Waals surface area contributed by atoms with Gasteiger partial charge in [-0.05, 0) is 78.7 Å². The van der Waals surface area contributed by atoms with E-state index in [1.807, 2.05) is 54.6 Å². The highest BCUT2D eigenvalue weighted by atomic mass is 35.5. The fourth-order valence-electron chi connectivity index (χ4n) is 5.20. The SMILES string of the molecule is COc1cccc([C@@H]2C(C(=O)Nc3ccccc3)=C(C)N=c3s/c(=C\c4cc(Cl)ccc4OCc4ccc(C#N)cc4)c(=O)n32)c1. The number of methoxy groups -OCH3 is 1. The summed E-state index contributed by atoms with van der Waals surface area (Å²) in [6, 6.07) is 30.2. The summed E-state index contributed by atoms with van der Waals surface area (Å²) in [4.78, 5) is 33.2. The molecule has 0 aliphatic carbocycles. The molecular weight excluding hydrogens is 620 g/mol. The lowest BCUT2D eigenvalue weighted by Gasteiger charge is -2.25. The molecule has 0 spiro atoms. The van der Waals surface area contributed by atoms with Crippen LogP contribution in [0.4, 0.5) is 5.69 Å². The van der Waals surface area contributed by atoms with Crippen LogP contribution in [0.2, 0.25) is 5.02 Å². The maximum absolute atomic E-state index is 14.2. The van der Waals surface area contributed by atoms with Gasteiger partial charge in [0.2, 0.25) is 0 Å². The Morgan fingerprint density at radius 2 is 1.85 bits per heavy atom. The van der Waals surface area contributed by atoms with Gasteiger partial charge < -0.3 is 14.8 Å². The van der Waals surface area contributed by atoms with Crippen molar-refractivity contribution in [3.05, 3.63) is 155 Å². The zero-order valence-electron chi connectivity index (χ0n) is 24.9. The van der Waals surface area contributed by atoms with Crippen LogP contribution in [-0.4, -0.2) is 17.6 Å². The first-order chi connectivity index (χ1) is 22.3. The number of hydrogen-bond donors (Lipinski definition) is 1. The van der Waals surface area contributed by atoms with Gasteiger partial charge in [-0.1, -0.05) is 65.4 Å². The Balaban J connectivity index is 1.43. The van der Waals surface area contributed by atoms with E-state index in [1.165, 1.54) is 11.3 Å². The fraction of sp³-hybridized carbons (Fsp3) is 0.111. The Bertz CT molecular complexity index is 2200. The van der Waals surface area contributed by atoms with E-state index in [0.717, 1.165) is 5.56 Å². The monoisotopic (exact) mass is 646 g/mol. The number of halogens is 1. The Morgan fingerprint density at radius 1 is 1.07 bits per heavy atom. The third kappa shape index (κ3) is 6.35. The van der Waals surface area contributed by atoms with Crippen molar-refractivity contribution in [1.29, 1.82) is 5.26 Å². The minimum atomic E-state index is -0.760. The molecule has 0 saturated heterocycles. The number of amides is 1. The summed E-state index contributed by atoms with van der Waals surface area (Å²) >= 11 is 7.60. The summed E-state index contributed by atoms with van der Waals surface area (Å²) in [7, 11) is 1.57. The highest BCUT2D eigenvalue weighted by Gasteiger charge is 2.33. The van der Waals surface area contributed by atoms with Crippen molar-refractivity contribution in [2.45, 2.75) is 19.6 Å². The van der Waals surface area contributed by atoms with Crippen molar-refractivity contribution in [3.8, 4) is 17.6 Å². The van der Waals surface area contributed by atoms with Crippen molar-refractivity contribution in [3.63, 3.8) is 0 Å². The summed E-state index contributed by atoms with van der Waals surface area (Å²) < 4.78 is 13.6.